The topological polar surface area (TPSA) is 28.2 Å². The molecule has 0 saturated carbocycles. The molecule has 0 aromatic carbocycles. The Hall–Kier alpha value is -0.450. The van der Waals surface area contributed by atoms with E-state index in [4.69, 9.17) is 0 Å². The van der Waals surface area contributed by atoms with Crippen molar-refractivity contribution >= 4 is 11.3 Å². The third-order valence-electron chi connectivity index (χ3n) is 4.17. The lowest BCUT2D eigenvalue weighted by Crippen LogP contribution is -2.52. The molecule has 4 heteroatoms. The average Bonchev–Trinajstić information content (AvgIpc) is 2.75. The van der Waals surface area contributed by atoms with E-state index in [0.717, 1.165) is 18.8 Å². The highest BCUT2D eigenvalue weighted by Crippen LogP contribution is 2.25. The number of likely N-dealkylation sites (tertiary alicyclic amines) is 1. The van der Waals surface area contributed by atoms with Crippen molar-refractivity contribution in [2.75, 3.05) is 13.1 Å². The molecule has 2 rings (SSSR count). The predicted molar refractivity (Wildman–Crippen MR) is 78.0 cm³/mol. The molecule has 3 unspecified atom stereocenters. The molecule has 0 spiro atoms. The largest absolute Gasteiger partial charge is 0.314 e. The molecule has 0 radical (unpaired) electrons. The molecule has 0 aliphatic carbocycles. The van der Waals surface area contributed by atoms with Crippen LogP contribution in [0.15, 0.2) is 5.38 Å². The van der Waals surface area contributed by atoms with Crippen LogP contribution in [0.1, 0.15) is 37.9 Å². The van der Waals surface area contributed by atoms with E-state index in [9.17, 15) is 0 Å². The zero-order chi connectivity index (χ0) is 13.1. The van der Waals surface area contributed by atoms with Gasteiger partial charge in [-0.1, -0.05) is 13.8 Å². The van der Waals surface area contributed by atoms with Crippen LogP contribution in [0, 0.1) is 12.8 Å². The van der Waals surface area contributed by atoms with E-state index in [2.05, 4.69) is 48.3 Å². The smallest absolute Gasteiger partial charge is 0.107 e. The maximum Gasteiger partial charge on any atom is 0.107 e. The van der Waals surface area contributed by atoms with Gasteiger partial charge in [-0.15, -0.1) is 11.3 Å². The first-order chi connectivity index (χ1) is 8.61. The molecule has 102 valence electrons. The van der Waals surface area contributed by atoms with Gasteiger partial charge in [0.05, 0.1) is 6.54 Å². The van der Waals surface area contributed by atoms with E-state index in [-0.39, 0.29) is 0 Å². The predicted octanol–water partition coefficient (Wildman–Crippen LogP) is 2.66. The molecule has 1 aliphatic rings. The Balaban J connectivity index is 1.95. The summed E-state index contributed by atoms with van der Waals surface area (Å²) in [6.45, 7) is 12.3. The second-order valence-electron chi connectivity index (χ2n) is 5.41. The van der Waals surface area contributed by atoms with Gasteiger partial charge in [-0.2, -0.15) is 0 Å². The van der Waals surface area contributed by atoms with Crippen LogP contribution in [0.4, 0.5) is 0 Å². The third kappa shape index (κ3) is 3.11. The summed E-state index contributed by atoms with van der Waals surface area (Å²) in [6, 6.07) is 1.31. The molecule has 3 atom stereocenters. The van der Waals surface area contributed by atoms with E-state index in [1.54, 1.807) is 11.3 Å². The molecular weight excluding hydrogens is 242 g/mol. The highest BCUT2D eigenvalue weighted by atomic mass is 32.1. The van der Waals surface area contributed by atoms with Crippen molar-refractivity contribution in [3.05, 3.63) is 16.1 Å². The lowest BCUT2D eigenvalue weighted by molar-refractivity contribution is 0.0789. The van der Waals surface area contributed by atoms with Gasteiger partial charge in [-0.05, 0) is 32.7 Å². The minimum absolute atomic E-state index is 0.631. The Morgan fingerprint density at radius 3 is 2.89 bits per heavy atom. The first-order valence-electron chi connectivity index (χ1n) is 7.00. The van der Waals surface area contributed by atoms with Gasteiger partial charge in [0.1, 0.15) is 5.01 Å². The first-order valence-corrected chi connectivity index (χ1v) is 7.88. The Labute approximate surface area is 115 Å². The highest BCUT2D eigenvalue weighted by molar-refractivity contribution is 7.09. The number of thiazole rings is 1. The summed E-state index contributed by atoms with van der Waals surface area (Å²) in [5.74, 6) is 0.708. The van der Waals surface area contributed by atoms with Gasteiger partial charge in [-0.3, -0.25) is 4.90 Å². The summed E-state index contributed by atoms with van der Waals surface area (Å²) >= 11 is 1.79. The molecule has 1 aromatic heterocycles. The van der Waals surface area contributed by atoms with Crippen LogP contribution >= 0.6 is 11.3 Å². The Morgan fingerprint density at radius 1 is 1.50 bits per heavy atom. The van der Waals surface area contributed by atoms with Crippen LogP contribution in [0.3, 0.4) is 0 Å². The summed E-state index contributed by atoms with van der Waals surface area (Å²) in [6.07, 6.45) is 1.25. The van der Waals surface area contributed by atoms with Crippen molar-refractivity contribution in [2.45, 2.75) is 52.7 Å². The quantitative estimate of drug-likeness (QED) is 0.909. The first kappa shape index (κ1) is 14.0. The van der Waals surface area contributed by atoms with Gasteiger partial charge < -0.3 is 5.32 Å². The van der Waals surface area contributed by atoms with Gasteiger partial charge in [0.15, 0.2) is 0 Å². The zero-order valence-electron chi connectivity index (χ0n) is 11.9. The summed E-state index contributed by atoms with van der Waals surface area (Å²) in [5, 5.41) is 7.02. The van der Waals surface area contributed by atoms with Crippen molar-refractivity contribution < 1.29 is 0 Å². The SMILES string of the molecule is CCNC1CCN(Cc2nc(C)cs2)C(C)C1C. The lowest BCUT2D eigenvalue weighted by Gasteiger charge is -2.42. The number of aromatic nitrogens is 1. The zero-order valence-corrected chi connectivity index (χ0v) is 12.8. The Morgan fingerprint density at radius 2 is 2.28 bits per heavy atom. The van der Waals surface area contributed by atoms with Gasteiger partial charge in [0.25, 0.3) is 0 Å². The van der Waals surface area contributed by atoms with Gasteiger partial charge in [0, 0.05) is 29.7 Å². The molecule has 0 bridgehead atoms. The third-order valence-corrected chi connectivity index (χ3v) is 5.12. The molecule has 3 nitrogen and oxygen atoms in total. The highest BCUT2D eigenvalue weighted by Gasteiger charge is 2.31. The molecule has 1 fully saturated rings. The molecule has 1 aromatic rings. The fourth-order valence-electron chi connectivity index (χ4n) is 2.86. The van der Waals surface area contributed by atoms with Crippen molar-refractivity contribution in [3.63, 3.8) is 0 Å². The van der Waals surface area contributed by atoms with Crippen LogP contribution < -0.4 is 5.32 Å². The van der Waals surface area contributed by atoms with Crippen molar-refractivity contribution in [2.24, 2.45) is 5.92 Å². The van der Waals surface area contributed by atoms with E-state index in [1.807, 2.05) is 0 Å². The maximum atomic E-state index is 4.58. The maximum absolute atomic E-state index is 4.58. The molecular formula is C14H25N3S. The van der Waals surface area contributed by atoms with Crippen molar-refractivity contribution in [3.8, 4) is 0 Å². The van der Waals surface area contributed by atoms with E-state index in [1.165, 1.54) is 18.0 Å². The van der Waals surface area contributed by atoms with Gasteiger partial charge in [-0.25, -0.2) is 4.98 Å². The monoisotopic (exact) mass is 267 g/mol. The Bertz CT molecular complexity index is 377. The summed E-state index contributed by atoms with van der Waals surface area (Å²) in [7, 11) is 0. The van der Waals surface area contributed by atoms with Crippen LogP contribution in [0.2, 0.25) is 0 Å². The second kappa shape index (κ2) is 6.13. The minimum atomic E-state index is 0.631. The van der Waals surface area contributed by atoms with Crippen LogP contribution in [0.5, 0.6) is 0 Å². The van der Waals surface area contributed by atoms with Crippen molar-refractivity contribution in [1.82, 2.24) is 15.2 Å². The standard InChI is InChI=1S/C14H25N3S/c1-5-15-13-6-7-17(12(4)11(13)3)8-14-16-10(2)9-18-14/h9,11-13,15H,5-8H2,1-4H3. The number of hydrogen-bond donors (Lipinski definition) is 1. The van der Waals surface area contributed by atoms with Gasteiger partial charge in [0.2, 0.25) is 0 Å². The normalized spacial score (nSPS) is 29.7. The average molecular weight is 267 g/mol. The summed E-state index contributed by atoms with van der Waals surface area (Å²) in [4.78, 5) is 7.16. The minimum Gasteiger partial charge on any atom is -0.314 e. The molecule has 1 saturated heterocycles. The fourth-order valence-corrected chi connectivity index (χ4v) is 3.66. The van der Waals surface area contributed by atoms with Crippen LogP contribution in [-0.2, 0) is 6.54 Å². The van der Waals surface area contributed by atoms with Crippen LogP contribution in [0.25, 0.3) is 0 Å². The molecule has 0 amide bonds. The second-order valence-corrected chi connectivity index (χ2v) is 6.35. The molecule has 1 aliphatic heterocycles. The molecule has 1 N–H and O–H groups in total. The summed E-state index contributed by atoms with van der Waals surface area (Å²) < 4.78 is 0. The molecule has 2 heterocycles. The lowest BCUT2D eigenvalue weighted by atomic mass is 9.87. The number of aryl methyl sites for hydroxylation is 1. The van der Waals surface area contributed by atoms with E-state index >= 15 is 0 Å². The summed E-state index contributed by atoms with van der Waals surface area (Å²) in [5.41, 5.74) is 1.15. The van der Waals surface area contributed by atoms with E-state index in [0.29, 0.717) is 18.0 Å². The number of nitrogens with one attached hydrogen (secondary N) is 1. The van der Waals surface area contributed by atoms with Crippen molar-refractivity contribution in [1.29, 1.82) is 0 Å². The fraction of sp³-hybridized carbons (Fsp3) is 0.786. The molecule has 18 heavy (non-hydrogen) atoms. The van der Waals surface area contributed by atoms with Crippen LogP contribution in [-0.4, -0.2) is 35.1 Å². The van der Waals surface area contributed by atoms with E-state index < -0.39 is 0 Å². The van der Waals surface area contributed by atoms with Gasteiger partial charge >= 0.3 is 0 Å². The number of piperidine rings is 1. The number of rotatable bonds is 4. The Kier molecular flexibility index (Phi) is 4.76. The number of hydrogen-bond acceptors (Lipinski definition) is 4. The number of nitrogens with zero attached hydrogens (tertiary/aromatic N) is 2.